The molecule has 1 heterocycles. The van der Waals surface area contributed by atoms with E-state index in [9.17, 15) is 0 Å². The van der Waals surface area contributed by atoms with Gasteiger partial charge in [0.1, 0.15) is 11.9 Å². The topological polar surface area (TPSA) is 18.5 Å². The molecule has 0 radical (unpaired) electrons. The largest absolute Gasteiger partial charge is 0.467 e. The van der Waals surface area contributed by atoms with Crippen LogP contribution in [0.25, 0.3) is 0 Å². The first-order chi connectivity index (χ1) is 3.70. The maximum absolute atomic E-state index is 5.15. The standard InChI is InChI=1S/C6H10O2/c1-4-5(2)8-6(3)7-4/h5-6H,1H2,2-3H3/t5-,6?/m1/s1. The highest BCUT2D eigenvalue weighted by atomic mass is 16.7. The molecule has 46 valence electrons. The first kappa shape index (κ1) is 5.63. The van der Waals surface area contributed by atoms with Crippen molar-refractivity contribution in [3.05, 3.63) is 12.3 Å². The zero-order valence-corrected chi connectivity index (χ0v) is 5.18. The summed E-state index contributed by atoms with van der Waals surface area (Å²) in [6, 6.07) is 0. The van der Waals surface area contributed by atoms with Crippen molar-refractivity contribution in [3.8, 4) is 0 Å². The van der Waals surface area contributed by atoms with Gasteiger partial charge in [0.25, 0.3) is 0 Å². The Morgan fingerprint density at radius 1 is 1.50 bits per heavy atom. The Hall–Kier alpha value is -0.500. The molecule has 0 bridgehead atoms. The van der Waals surface area contributed by atoms with Gasteiger partial charge in [-0.05, 0) is 13.8 Å². The van der Waals surface area contributed by atoms with E-state index in [4.69, 9.17) is 9.47 Å². The van der Waals surface area contributed by atoms with Gasteiger partial charge in [-0.1, -0.05) is 6.58 Å². The highest BCUT2D eigenvalue weighted by Crippen LogP contribution is 2.19. The minimum absolute atomic E-state index is 0.0741. The minimum atomic E-state index is -0.0995. The summed E-state index contributed by atoms with van der Waals surface area (Å²) in [4.78, 5) is 0. The smallest absolute Gasteiger partial charge is 0.197 e. The summed E-state index contributed by atoms with van der Waals surface area (Å²) in [5.41, 5.74) is 0. The minimum Gasteiger partial charge on any atom is -0.467 e. The Morgan fingerprint density at radius 3 is 2.25 bits per heavy atom. The van der Waals surface area contributed by atoms with E-state index in [1.807, 2.05) is 13.8 Å². The molecule has 0 spiro atoms. The lowest BCUT2D eigenvalue weighted by Crippen LogP contribution is -2.03. The van der Waals surface area contributed by atoms with Crippen LogP contribution in [0, 0.1) is 0 Å². The van der Waals surface area contributed by atoms with Crippen LogP contribution in [-0.4, -0.2) is 12.4 Å². The average molecular weight is 114 g/mol. The number of rotatable bonds is 0. The van der Waals surface area contributed by atoms with E-state index in [1.54, 1.807) is 0 Å². The predicted octanol–water partition coefficient (Wildman–Crippen LogP) is 1.28. The second-order valence-electron chi connectivity index (χ2n) is 1.93. The first-order valence-corrected chi connectivity index (χ1v) is 2.71. The monoisotopic (exact) mass is 114 g/mol. The second kappa shape index (κ2) is 1.78. The van der Waals surface area contributed by atoms with Gasteiger partial charge in [-0.2, -0.15) is 0 Å². The fraction of sp³-hybridized carbons (Fsp3) is 0.667. The van der Waals surface area contributed by atoms with Crippen LogP contribution in [0.4, 0.5) is 0 Å². The summed E-state index contributed by atoms with van der Waals surface area (Å²) in [5, 5.41) is 0. The van der Waals surface area contributed by atoms with Crippen LogP contribution in [0.5, 0.6) is 0 Å². The van der Waals surface area contributed by atoms with Crippen LogP contribution in [0.2, 0.25) is 0 Å². The van der Waals surface area contributed by atoms with Crippen LogP contribution in [0.15, 0.2) is 12.3 Å². The number of ether oxygens (including phenoxy) is 2. The van der Waals surface area contributed by atoms with Gasteiger partial charge in [-0.15, -0.1) is 0 Å². The van der Waals surface area contributed by atoms with Gasteiger partial charge in [0.2, 0.25) is 0 Å². The fourth-order valence-electron chi connectivity index (χ4n) is 0.700. The molecule has 0 aliphatic carbocycles. The third-order valence-electron chi connectivity index (χ3n) is 1.17. The Kier molecular flexibility index (Phi) is 1.26. The van der Waals surface area contributed by atoms with Gasteiger partial charge < -0.3 is 9.47 Å². The lowest BCUT2D eigenvalue weighted by atomic mass is 10.4. The fourth-order valence-corrected chi connectivity index (χ4v) is 0.700. The van der Waals surface area contributed by atoms with Crippen LogP contribution in [0.1, 0.15) is 13.8 Å². The molecule has 1 aliphatic rings. The summed E-state index contributed by atoms with van der Waals surface area (Å²) in [5.74, 6) is 0.734. The molecule has 0 amide bonds. The molecule has 2 nitrogen and oxygen atoms in total. The zero-order valence-electron chi connectivity index (χ0n) is 5.18. The molecular weight excluding hydrogens is 104 g/mol. The molecule has 1 aliphatic heterocycles. The van der Waals surface area contributed by atoms with Crippen molar-refractivity contribution in [1.82, 2.24) is 0 Å². The molecule has 0 aromatic heterocycles. The van der Waals surface area contributed by atoms with E-state index < -0.39 is 0 Å². The Morgan fingerprint density at radius 2 is 2.12 bits per heavy atom. The highest BCUT2D eigenvalue weighted by Gasteiger charge is 2.21. The molecule has 1 rings (SSSR count). The van der Waals surface area contributed by atoms with Crippen molar-refractivity contribution in [2.24, 2.45) is 0 Å². The Bertz CT molecular complexity index is 109. The number of hydrogen-bond acceptors (Lipinski definition) is 2. The van der Waals surface area contributed by atoms with E-state index in [1.165, 1.54) is 0 Å². The molecule has 0 N–H and O–H groups in total. The van der Waals surface area contributed by atoms with Crippen LogP contribution >= 0.6 is 0 Å². The van der Waals surface area contributed by atoms with Crippen LogP contribution < -0.4 is 0 Å². The van der Waals surface area contributed by atoms with Crippen LogP contribution in [0.3, 0.4) is 0 Å². The number of hydrogen-bond donors (Lipinski definition) is 0. The summed E-state index contributed by atoms with van der Waals surface area (Å²) < 4.78 is 10.2. The Balaban J connectivity index is 2.51. The molecule has 0 aromatic rings. The SMILES string of the molecule is C=C1OC(C)O[C@@H]1C. The van der Waals surface area contributed by atoms with E-state index in [2.05, 4.69) is 6.58 Å². The second-order valence-corrected chi connectivity index (χ2v) is 1.93. The molecular formula is C6H10O2. The van der Waals surface area contributed by atoms with Gasteiger partial charge in [0.05, 0.1) is 0 Å². The van der Waals surface area contributed by atoms with Crippen molar-refractivity contribution in [2.75, 3.05) is 0 Å². The van der Waals surface area contributed by atoms with E-state index in [0.29, 0.717) is 0 Å². The van der Waals surface area contributed by atoms with Crippen molar-refractivity contribution < 1.29 is 9.47 Å². The highest BCUT2D eigenvalue weighted by molar-refractivity contribution is 4.93. The van der Waals surface area contributed by atoms with Gasteiger partial charge in [0, 0.05) is 0 Å². The van der Waals surface area contributed by atoms with Crippen molar-refractivity contribution in [2.45, 2.75) is 26.2 Å². The zero-order chi connectivity index (χ0) is 6.15. The predicted molar refractivity (Wildman–Crippen MR) is 30.2 cm³/mol. The summed E-state index contributed by atoms with van der Waals surface area (Å²) >= 11 is 0. The molecule has 1 fully saturated rings. The van der Waals surface area contributed by atoms with Gasteiger partial charge in [-0.3, -0.25) is 0 Å². The normalized spacial score (nSPS) is 37.5. The van der Waals surface area contributed by atoms with Crippen molar-refractivity contribution in [3.63, 3.8) is 0 Å². The summed E-state index contributed by atoms with van der Waals surface area (Å²) in [6.07, 6.45) is -0.0255. The molecule has 2 atom stereocenters. The summed E-state index contributed by atoms with van der Waals surface area (Å²) in [6.45, 7) is 7.42. The molecule has 2 heteroatoms. The van der Waals surface area contributed by atoms with Crippen molar-refractivity contribution in [1.29, 1.82) is 0 Å². The average Bonchev–Trinajstić information content (AvgIpc) is 1.85. The third kappa shape index (κ3) is 0.842. The third-order valence-corrected chi connectivity index (χ3v) is 1.17. The quantitative estimate of drug-likeness (QED) is 0.472. The maximum atomic E-state index is 5.15. The van der Waals surface area contributed by atoms with Gasteiger partial charge in [0.15, 0.2) is 6.29 Å². The molecule has 8 heavy (non-hydrogen) atoms. The van der Waals surface area contributed by atoms with Gasteiger partial charge in [-0.25, -0.2) is 0 Å². The van der Waals surface area contributed by atoms with E-state index >= 15 is 0 Å². The van der Waals surface area contributed by atoms with Crippen LogP contribution in [-0.2, 0) is 9.47 Å². The molecule has 0 saturated carbocycles. The molecule has 1 unspecified atom stereocenters. The lowest BCUT2D eigenvalue weighted by molar-refractivity contribution is -0.0335. The van der Waals surface area contributed by atoms with Gasteiger partial charge >= 0.3 is 0 Å². The lowest BCUT2D eigenvalue weighted by Gasteiger charge is -1.97. The Labute approximate surface area is 49.1 Å². The first-order valence-electron chi connectivity index (χ1n) is 2.71. The summed E-state index contributed by atoms with van der Waals surface area (Å²) in [7, 11) is 0. The molecule has 0 aromatic carbocycles. The van der Waals surface area contributed by atoms with Crippen molar-refractivity contribution >= 4 is 0 Å². The molecule has 1 saturated heterocycles. The maximum Gasteiger partial charge on any atom is 0.197 e. The van der Waals surface area contributed by atoms with E-state index in [0.717, 1.165) is 5.76 Å². The van der Waals surface area contributed by atoms with E-state index in [-0.39, 0.29) is 12.4 Å².